The van der Waals surface area contributed by atoms with Crippen LogP contribution in [0.3, 0.4) is 0 Å². The molecule has 1 aromatic rings. The number of nitrogens with two attached hydrogens (primary N) is 1. The Labute approximate surface area is 137 Å². The van der Waals surface area contributed by atoms with E-state index in [0.29, 0.717) is 13.0 Å². The maximum absolute atomic E-state index is 12.5. The number of rotatable bonds is 4. The zero-order valence-corrected chi connectivity index (χ0v) is 13.6. The quantitative estimate of drug-likeness (QED) is 0.859. The Morgan fingerprint density at radius 2 is 2.00 bits per heavy atom. The molecule has 22 heavy (non-hydrogen) atoms. The van der Waals surface area contributed by atoms with E-state index in [2.05, 4.69) is 0 Å². The van der Waals surface area contributed by atoms with E-state index in [-0.39, 0.29) is 36.7 Å². The molecule has 1 heterocycles. The molecule has 0 spiro atoms. The first-order valence-corrected chi connectivity index (χ1v) is 7.31. The predicted molar refractivity (Wildman–Crippen MR) is 86.6 cm³/mol. The van der Waals surface area contributed by atoms with E-state index in [1.54, 1.807) is 4.90 Å². The molecule has 0 aromatic heterocycles. The number of hydrogen-bond donors (Lipinski definition) is 1. The fourth-order valence-corrected chi connectivity index (χ4v) is 2.73. The highest BCUT2D eigenvalue weighted by molar-refractivity contribution is 5.85. The average Bonchev–Trinajstić information content (AvgIpc) is 2.54. The molecule has 0 bridgehead atoms. The first kappa shape index (κ1) is 18.5. The third kappa shape index (κ3) is 4.45. The summed E-state index contributed by atoms with van der Waals surface area (Å²) in [6.45, 7) is 0.597. The summed E-state index contributed by atoms with van der Waals surface area (Å²) in [4.78, 5) is 25.9. The number of piperidine rings is 1. The number of amides is 1. The Bertz CT molecular complexity index is 495. The standard InChI is InChI=1S/C16H22N2O3.ClH/c1-21-16(20)14-9-5-6-10-18(14)15(19)11-13(17)12-7-3-2-4-8-12;/h2-4,7-8,13-14H,5-6,9-11,17H2,1H3;1H. The summed E-state index contributed by atoms with van der Waals surface area (Å²) in [5.74, 6) is -0.419. The molecule has 2 atom stereocenters. The van der Waals surface area contributed by atoms with Crippen LogP contribution in [0.1, 0.15) is 37.3 Å². The van der Waals surface area contributed by atoms with Crippen molar-refractivity contribution in [1.29, 1.82) is 0 Å². The number of methoxy groups -OCH3 is 1. The van der Waals surface area contributed by atoms with Crippen LogP contribution in [0.25, 0.3) is 0 Å². The molecule has 0 aliphatic carbocycles. The van der Waals surface area contributed by atoms with Gasteiger partial charge in [-0.2, -0.15) is 0 Å². The molecule has 1 aliphatic heterocycles. The second kappa shape index (κ2) is 8.76. The van der Waals surface area contributed by atoms with Crippen LogP contribution in [0.15, 0.2) is 30.3 Å². The Hall–Kier alpha value is -1.59. The van der Waals surface area contributed by atoms with Crippen LogP contribution in [0.4, 0.5) is 0 Å². The van der Waals surface area contributed by atoms with Gasteiger partial charge in [-0.15, -0.1) is 12.4 Å². The summed E-state index contributed by atoms with van der Waals surface area (Å²) in [5, 5.41) is 0. The van der Waals surface area contributed by atoms with Gasteiger partial charge in [-0.3, -0.25) is 4.79 Å². The van der Waals surface area contributed by atoms with Crippen molar-refractivity contribution in [2.75, 3.05) is 13.7 Å². The Balaban J connectivity index is 0.00000242. The number of carbonyl (C=O) groups is 2. The summed E-state index contributed by atoms with van der Waals surface area (Å²) in [7, 11) is 1.36. The third-order valence-corrected chi connectivity index (χ3v) is 3.92. The van der Waals surface area contributed by atoms with Crippen molar-refractivity contribution in [3.63, 3.8) is 0 Å². The number of esters is 1. The van der Waals surface area contributed by atoms with E-state index in [9.17, 15) is 9.59 Å². The van der Waals surface area contributed by atoms with E-state index >= 15 is 0 Å². The fraction of sp³-hybridized carbons (Fsp3) is 0.500. The summed E-state index contributed by atoms with van der Waals surface area (Å²) >= 11 is 0. The number of carbonyl (C=O) groups excluding carboxylic acids is 2. The van der Waals surface area contributed by atoms with Crippen molar-refractivity contribution < 1.29 is 14.3 Å². The Morgan fingerprint density at radius 1 is 1.32 bits per heavy atom. The van der Waals surface area contributed by atoms with Gasteiger partial charge < -0.3 is 15.4 Å². The van der Waals surface area contributed by atoms with Gasteiger partial charge in [0, 0.05) is 19.0 Å². The molecule has 0 saturated carbocycles. The van der Waals surface area contributed by atoms with Crippen LogP contribution < -0.4 is 5.73 Å². The predicted octanol–water partition coefficient (Wildman–Crippen LogP) is 2.05. The molecule has 0 radical (unpaired) electrons. The van der Waals surface area contributed by atoms with Gasteiger partial charge in [0.1, 0.15) is 6.04 Å². The highest BCUT2D eigenvalue weighted by atomic mass is 35.5. The zero-order chi connectivity index (χ0) is 15.2. The zero-order valence-electron chi connectivity index (χ0n) is 12.7. The topological polar surface area (TPSA) is 72.6 Å². The molecule has 5 nitrogen and oxygen atoms in total. The lowest BCUT2D eigenvalue weighted by molar-refractivity contribution is -0.154. The van der Waals surface area contributed by atoms with Crippen molar-refractivity contribution >= 4 is 24.3 Å². The van der Waals surface area contributed by atoms with Crippen molar-refractivity contribution in [1.82, 2.24) is 4.90 Å². The maximum atomic E-state index is 12.5. The molecule has 6 heteroatoms. The largest absolute Gasteiger partial charge is 0.467 e. The van der Waals surface area contributed by atoms with Crippen molar-refractivity contribution in [2.24, 2.45) is 5.73 Å². The van der Waals surface area contributed by atoms with E-state index < -0.39 is 6.04 Å². The Kier molecular flexibility index (Phi) is 7.35. The van der Waals surface area contributed by atoms with Crippen LogP contribution in [0, 0.1) is 0 Å². The Morgan fingerprint density at radius 3 is 2.64 bits per heavy atom. The minimum atomic E-state index is -0.459. The lowest BCUT2D eigenvalue weighted by Crippen LogP contribution is -2.49. The molecule has 2 unspecified atom stereocenters. The van der Waals surface area contributed by atoms with Gasteiger partial charge >= 0.3 is 5.97 Å². The molecule has 1 amide bonds. The smallest absolute Gasteiger partial charge is 0.328 e. The fourth-order valence-electron chi connectivity index (χ4n) is 2.73. The molecule has 1 aromatic carbocycles. The molecule has 2 N–H and O–H groups in total. The van der Waals surface area contributed by atoms with Crippen LogP contribution in [-0.4, -0.2) is 36.5 Å². The number of ether oxygens (including phenoxy) is 1. The number of benzene rings is 1. The molecular weight excluding hydrogens is 304 g/mol. The summed E-state index contributed by atoms with van der Waals surface area (Å²) in [5.41, 5.74) is 7.02. The molecule has 1 fully saturated rings. The first-order valence-electron chi connectivity index (χ1n) is 7.31. The van der Waals surface area contributed by atoms with Gasteiger partial charge in [-0.25, -0.2) is 4.79 Å². The minimum Gasteiger partial charge on any atom is -0.467 e. The molecule has 1 aliphatic rings. The van der Waals surface area contributed by atoms with Gasteiger partial charge in [-0.1, -0.05) is 30.3 Å². The highest BCUT2D eigenvalue weighted by Crippen LogP contribution is 2.22. The lowest BCUT2D eigenvalue weighted by Gasteiger charge is -2.34. The minimum absolute atomic E-state index is 0. The second-order valence-corrected chi connectivity index (χ2v) is 5.34. The number of halogens is 1. The van der Waals surface area contributed by atoms with E-state index in [4.69, 9.17) is 10.5 Å². The summed E-state index contributed by atoms with van der Waals surface area (Å²) in [6, 6.07) is 8.72. The molecule has 2 rings (SSSR count). The SMILES string of the molecule is COC(=O)C1CCCCN1C(=O)CC(N)c1ccccc1.Cl. The van der Waals surface area contributed by atoms with E-state index in [1.807, 2.05) is 30.3 Å². The third-order valence-electron chi connectivity index (χ3n) is 3.92. The van der Waals surface area contributed by atoms with Gasteiger partial charge in [-0.05, 0) is 24.8 Å². The normalized spacial score (nSPS) is 19.0. The molecule has 122 valence electrons. The van der Waals surface area contributed by atoms with Gasteiger partial charge in [0.15, 0.2) is 0 Å². The number of nitrogens with zero attached hydrogens (tertiary/aromatic N) is 1. The van der Waals surface area contributed by atoms with E-state index in [1.165, 1.54) is 7.11 Å². The molecule has 1 saturated heterocycles. The summed E-state index contributed by atoms with van der Waals surface area (Å²) < 4.78 is 4.80. The first-order chi connectivity index (χ1) is 10.1. The maximum Gasteiger partial charge on any atom is 0.328 e. The summed E-state index contributed by atoms with van der Waals surface area (Å²) in [6.07, 6.45) is 2.73. The van der Waals surface area contributed by atoms with Crippen LogP contribution in [-0.2, 0) is 14.3 Å². The van der Waals surface area contributed by atoms with Crippen molar-refractivity contribution in [3.05, 3.63) is 35.9 Å². The molecular formula is C16H23ClN2O3. The van der Waals surface area contributed by atoms with Crippen LogP contribution in [0.5, 0.6) is 0 Å². The highest BCUT2D eigenvalue weighted by Gasteiger charge is 2.33. The van der Waals surface area contributed by atoms with E-state index in [0.717, 1.165) is 18.4 Å². The average molecular weight is 327 g/mol. The van der Waals surface area contributed by atoms with Gasteiger partial charge in [0.25, 0.3) is 0 Å². The van der Waals surface area contributed by atoms with Crippen LogP contribution in [0.2, 0.25) is 0 Å². The van der Waals surface area contributed by atoms with Gasteiger partial charge in [0.2, 0.25) is 5.91 Å². The van der Waals surface area contributed by atoms with Gasteiger partial charge in [0.05, 0.1) is 7.11 Å². The second-order valence-electron chi connectivity index (χ2n) is 5.34. The van der Waals surface area contributed by atoms with Crippen molar-refractivity contribution in [3.8, 4) is 0 Å². The lowest BCUT2D eigenvalue weighted by atomic mass is 9.99. The number of hydrogen-bond acceptors (Lipinski definition) is 4. The van der Waals surface area contributed by atoms with Crippen molar-refractivity contribution in [2.45, 2.75) is 37.8 Å². The monoisotopic (exact) mass is 326 g/mol. The number of likely N-dealkylation sites (tertiary alicyclic amines) is 1. The van der Waals surface area contributed by atoms with Crippen LogP contribution >= 0.6 is 12.4 Å².